The largest absolute Gasteiger partial charge is 0.480 e. The Balaban J connectivity index is 1.50. The van der Waals surface area contributed by atoms with E-state index in [4.69, 9.17) is 10.00 Å². The summed E-state index contributed by atoms with van der Waals surface area (Å²) in [5.74, 6) is 1.51. The molecular weight excluding hydrogens is 328 g/mol. The number of rotatable bonds is 3. The van der Waals surface area contributed by atoms with Gasteiger partial charge in [-0.05, 0) is 30.3 Å². The fraction of sp³-hybridized carbons (Fsp3) is 0.263. The van der Waals surface area contributed by atoms with Gasteiger partial charge in [-0.3, -0.25) is 0 Å². The third-order valence-electron chi connectivity index (χ3n) is 4.62. The molecule has 1 aliphatic heterocycles. The van der Waals surface area contributed by atoms with Crippen molar-refractivity contribution in [3.05, 3.63) is 48.4 Å². The maximum atomic E-state index is 8.88. The molecule has 1 fully saturated rings. The van der Waals surface area contributed by atoms with Crippen LogP contribution in [0.1, 0.15) is 5.56 Å². The number of anilines is 2. The molecule has 1 saturated heterocycles. The first-order valence-electron chi connectivity index (χ1n) is 8.43. The molecule has 0 aliphatic carbocycles. The first-order chi connectivity index (χ1) is 12.8. The lowest BCUT2D eigenvalue weighted by atomic mass is 10.2. The molecule has 0 amide bonds. The Bertz CT molecular complexity index is 958. The van der Waals surface area contributed by atoms with Gasteiger partial charge in [0.15, 0.2) is 0 Å². The summed E-state index contributed by atoms with van der Waals surface area (Å²) in [7, 11) is 1.62. The van der Waals surface area contributed by atoms with E-state index in [0.717, 1.165) is 48.6 Å². The van der Waals surface area contributed by atoms with Gasteiger partial charge in [-0.2, -0.15) is 5.26 Å². The molecule has 7 nitrogen and oxygen atoms in total. The minimum atomic E-state index is 0.583. The Labute approximate surface area is 151 Å². The molecular formula is C19H18N6O. The Morgan fingerprint density at radius 3 is 2.50 bits per heavy atom. The lowest BCUT2D eigenvalue weighted by Gasteiger charge is -2.36. The number of fused-ring (bicyclic) bond motifs is 1. The molecule has 7 heteroatoms. The van der Waals surface area contributed by atoms with Gasteiger partial charge in [0.25, 0.3) is 0 Å². The van der Waals surface area contributed by atoms with Gasteiger partial charge in [0.2, 0.25) is 5.88 Å². The molecule has 3 heterocycles. The molecule has 0 saturated carbocycles. The number of ether oxygens (including phenoxy) is 1. The van der Waals surface area contributed by atoms with Crippen molar-refractivity contribution >= 4 is 22.4 Å². The SMILES string of the molecule is COc1ncnc2ccc(N3CCN(c4ccc(C#N)cn4)CC3)cc12. The fourth-order valence-corrected chi connectivity index (χ4v) is 3.21. The minimum absolute atomic E-state index is 0.583. The van der Waals surface area contributed by atoms with Crippen LogP contribution in [0.25, 0.3) is 10.9 Å². The zero-order chi connectivity index (χ0) is 17.9. The average Bonchev–Trinajstić information content (AvgIpc) is 2.73. The average molecular weight is 346 g/mol. The molecule has 0 radical (unpaired) electrons. The molecule has 1 aromatic carbocycles. The number of nitriles is 1. The normalized spacial score (nSPS) is 14.3. The van der Waals surface area contributed by atoms with E-state index in [0.29, 0.717) is 11.4 Å². The van der Waals surface area contributed by atoms with E-state index in [-0.39, 0.29) is 0 Å². The van der Waals surface area contributed by atoms with Crippen LogP contribution in [0.4, 0.5) is 11.5 Å². The van der Waals surface area contributed by atoms with Crippen LogP contribution in [-0.4, -0.2) is 48.2 Å². The first-order valence-corrected chi connectivity index (χ1v) is 8.43. The molecule has 0 N–H and O–H groups in total. The standard InChI is InChI=1S/C19H18N6O/c1-26-19-16-10-15(3-4-17(16)22-13-23-19)24-6-8-25(9-7-24)18-5-2-14(11-20)12-21-18/h2-5,10,12-13H,6-9H2,1H3. The lowest BCUT2D eigenvalue weighted by molar-refractivity contribution is 0.402. The van der Waals surface area contributed by atoms with E-state index >= 15 is 0 Å². The van der Waals surface area contributed by atoms with Crippen LogP contribution in [0.15, 0.2) is 42.9 Å². The quantitative estimate of drug-likeness (QED) is 0.719. The third kappa shape index (κ3) is 2.97. The van der Waals surface area contributed by atoms with Crippen LogP contribution >= 0.6 is 0 Å². The topological polar surface area (TPSA) is 78.2 Å². The highest BCUT2D eigenvalue weighted by molar-refractivity contribution is 5.86. The van der Waals surface area contributed by atoms with Crippen molar-refractivity contribution in [3.63, 3.8) is 0 Å². The van der Waals surface area contributed by atoms with Crippen LogP contribution < -0.4 is 14.5 Å². The molecule has 2 aromatic heterocycles. The zero-order valence-corrected chi connectivity index (χ0v) is 14.5. The summed E-state index contributed by atoms with van der Waals surface area (Å²) in [6, 6.07) is 12.0. The summed E-state index contributed by atoms with van der Waals surface area (Å²) in [4.78, 5) is 17.4. The van der Waals surface area contributed by atoms with Gasteiger partial charge in [-0.25, -0.2) is 15.0 Å². The molecule has 0 atom stereocenters. The van der Waals surface area contributed by atoms with Gasteiger partial charge >= 0.3 is 0 Å². The minimum Gasteiger partial charge on any atom is -0.480 e. The number of piperazine rings is 1. The highest BCUT2D eigenvalue weighted by Crippen LogP contribution is 2.27. The highest BCUT2D eigenvalue weighted by Gasteiger charge is 2.19. The van der Waals surface area contributed by atoms with Gasteiger partial charge < -0.3 is 14.5 Å². The fourth-order valence-electron chi connectivity index (χ4n) is 3.21. The summed E-state index contributed by atoms with van der Waals surface area (Å²) < 4.78 is 5.35. The number of hydrogen-bond donors (Lipinski definition) is 0. The van der Waals surface area contributed by atoms with Gasteiger partial charge in [-0.15, -0.1) is 0 Å². The summed E-state index contributed by atoms with van der Waals surface area (Å²) in [5, 5.41) is 9.80. The van der Waals surface area contributed by atoms with E-state index in [9.17, 15) is 0 Å². The maximum Gasteiger partial charge on any atom is 0.224 e. The predicted octanol–water partition coefficient (Wildman–Crippen LogP) is 2.23. The second-order valence-electron chi connectivity index (χ2n) is 6.08. The molecule has 0 spiro atoms. The van der Waals surface area contributed by atoms with Crippen LogP contribution in [0.5, 0.6) is 5.88 Å². The third-order valence-corrected chi connectivity index (χ3v) is 4.62. The molecule has 4 rings (SSSR count). The summed E-state index contributed by atoms with van der Waals surface area (Å²) in [6.07, 6.45) is 3.14. The molecule has 0 unspecified atom stereocenters. The van der Waals surface area contributed by atoms with Crippen LogP contribution in [0, 0.1) is 11.3 Å². The number of benzene rings is 1. The summed E-state index contributed by atoms with van der Waals surface area (Å²) >= 11 is 0. The zero-order valence-electron chi connectivity index (χ0n) is 14.5. The molecule has 0 bridgehead atoms. The Morgan fingerprint density at radius 1 is 1.00 bits per heavy atom. The second kappa shape index (κ2) is 6.84. The van der Waals surface area contributed by atoms with E-state index in [2.05, 4.69) is 43.0 Å². The van der Waals surface area contributed by atoms with Gasteiger partial charge in [0.05, 0.1) is 23.6 Å². The van der Waals surface area contributed by atoms with Crippen molar-refractivity contribution in [1.29, 1.82) is 5.26 Å². The Hall–Kier alpha value is -3.40. The van der Waals surface area contributed by atoms with E-state index in [1.54, 1.807) is 13.3 Å². The lowest BCUT2D eigenvalue weighted by Crippen LogP contribution is -2.46. The number of nitrogens with zero attached hydrogens (tertiary/aromatic N) is 6. The van der Waals surface area contributed by atoms with Crippen LogP contribution in [0.3, 0.4) is 0 Å². The van der Waals surface area contributed by atoms with Gasteiger partial charge in [0, 0.05) is 38.1 Å². The van der Waals surface area contributed by atoms with E-state index in [1.807, 2.05) is 18.2 Å². The smallest absolute Gasteiger partial charge is 0.224 e. The Morgan fingerprint density at radius 2 is 1.81 bits per heavy atom. The molecule has 26 heavy (non-hydrogen) atoms. The summed E-state index contributed by atoms with van der Waals surface area (Å²) in [5.41, 5.74) is 2.60. The van der Waals surface area contributed by atoms with Gasteiger partial charge in [0.1, 0.15) is 18.2 Å². The molecule has 130 valence electrons. The summed E-state index contributed by atoms with van der Waals surface area (Å²) in [6.45, 7) is 3.53. The number of pyridine rings is 1. The van der Waals surface area contributed by atoms with Crippen LogP contribution in [-0.2, 0) is 0 Å². The Kier molecular flexibility index (Phi) is 4.23. The van der Waals surface area contributed by atoms with Crippen molar-refractivity contribution in [2.75, 3.05) is 43.1 Å². The highest BCUT2D eigenvalue weighted by atomic mass is 16.5. The van der Waals surface area contributed by atoms with Crippen molar-refractivity contribution in [1.82, 2.24) is 15.0 Å². The van der Waals surface area contributed by atoms with Crippen LogP contribution in [0.2, 0.25) is 0 Å². The first kappa shape index (κ1) is 16.1. The van der Waals surface area contributed by atoms with Crippen molar-refractivity contribution < 1.29 is 4.74 Å². The maximum absolute atomic E-state index is 8.88. The molecule has 1 aliphatic rings. The number of aromatic nitrogens is 3. The van der Waals surface area contributed by atoms with Gasteiger partial charge in [-0.1, -0.05) is 0 Å². The van der Waals surface area contributed by atoms with Crippen molar-refractivity contribution in [2.45, 2.75) is 0 Å². The monoisotopic (exact) mass is 346 g/mol. The number of methoxy groups -OCH3 is 1. The van der Waals surface area contributed by atoms with Crippen molar-refractivity contribution in [2.24, 2.45) is 0 Å². The predicted molar refractivity (Wildman–Crippen MR) is 99.5 cm³/mol. The van der Waals surface area contributed by atoms with Crippen molar-refractivity contribution in [3.8, 4) is 11.9 Å². The second-order valence-corrected chi connectivity index (χ2v) is 6.08. The van der Waals surface area contributed by atoms with E-state index < -0.39 is 0 Å². The number of hydrogen-bond acceptors (Lipinski definition) is 7. The van der Waals surface area contributed by atoms with E-state index in [1.165, 1.54) is 6.33 Å². The molecule has 3 aromatic rings.